The molecule has 2 heterocycles. The van der Waals surface area contributed by atoms with Gasteiger partial charge in [0.25, 0.3) is 5.91 Å². The molecule has 0 fully saturated rings. The maximum absolute atomic E-state index is 13.6. The van der Waals surface area contributed by atoms with E-state index in [9.17, 15) is 22.8 Å². The molecular weight excluding hydrogens is 445 g/mol. The summed E-state index contributed by atoms with van der Waals surface area (Å²) in [5.41, 5.74) is -2.08. The van der Waals surface area contributed by atoms with Crippen LogP contribution in [0.25, 0.3) is 10.7 Å². The third-order valence-corrected chi connectivity index (χ3v) is 4.95. The molecule has 0 saturated heterocycles. The molecule has 0 aliphatic carbocycles. The Morgan fingerprint density at radius 3 is 2.47 bits per heavy atom. The number of carbonyl (C=O) groups is 2. The minimum Gasteiger partial charge on any atom is -0.350 e. The number of aromatic nitrogens is 4. The monoisotopic (exact) mass is 466 g/mol. The highest BCUT2D eigenvalue weighted by atomic mass is 32.1. The van der Waals surface area contributed by atoms with Gasteiger partial charge in [-0.3, -0.25) is 9.59 Å². The second-order valence-electron chi connectivity index (χ2n) is 7.91. The van der Waals surface area contributed by atoms with Gasteiger partial charge in [-0.25, -0.2) is 0 Å². The summed E-state index contributed by atoms with van der Waals surface area (Å²) in [6.07, 6.45) is -4.71. The lowest BCUT2D eigenvalue weighted by Crippen LogP contribution is -2.48. The van der Waals surface area contributed by atoms with E-state index in [1.807, 2.05) is 5.38 Å². The highest BCUT2D eigenvalue weighted by Gasteiger charge is 2.36. The quantitative estimate of drug-likeness (QED) is 0.601. The number of hydrogen-bond acceptors (Lipinski definition) is 6. The minimum absolute atomic E-state index is 0.292. The van der Waals surface area contributed by atoms with Crippen LogP contribution in [-0.2, 0) is 22.3 Å². The fourth-order valence-corrected chi connectivity index (χ4v) is 3.53. The molecule has 1 N–H and O–H groups in total. The SMILES string of the molecule is CC(C)(C)NC(=O)CN(C(=O)Cn1nnc(-c2cccs2)n1)c1ccccc1C(F)(F)F. The van der Waals surface area contributed by atoms with Crippen LogP contribution < -0.4 is 10.2 Å². The lowest BCUT2D eigenvalue weighted by Gasteiger charge is -2.27. The van der Waals surface area contributed by atoms with Gasteiger partial charge in [0.2, 0.25) is 11.7 Å². The molecule has 0 unspecified atom stereocenters. The predicted molar refractivity (Wildman–Crippen MR) is 113 cm³/mol. The molecule has 8 nitrogen and oxygen atoms in total. The summed E-state index contributed by atoms with van der Waals surface area (Å²) in [5, 5.41) is 16.3. The number of benzene rings is 1. The molecule has 1 aromatic carbocycles. The average molecular weight is 466 g/mol. The van der Waals surface area contributed by atoms with Gasteiger partial charge in [0.1, 0.15) is 13.1 Å². The van der Waals surface area contributed by atoms with Crippen LogP contribution in [-0.4, -0.2) is 44.1 Å². The number of amides is 2. The summed E-state index contributed by atoms with van der Waals surface area (Å²) in [6, 6.07) is 8.18. The Labute approximate surface area is 186 Å². The van der Waals surface area contributed by atoms with Gasteiger partial charge in [0.05, 0.1) is 16.1 Å². The smallest absolute Gasteiger partial charge is 0.350 e. The van der Waals surface area contributed by atoms with Crippen molar-refractivity contribution in [3.05, 3.63) is 47.3 Å². The Hall–Kier alpha value is -3.28. The first-order chi connectivity index (χ1) is 14.9. The van der Waals surface area contributed by atoms with E-state index in [1.54, 1.807) is 32.9 Å². The Balaban J connectivity index is 1.90. The van der Waals surface area contributed by atoms with Crippen LogP contribution in [0.2, 0.25) is 0 Å². The summed E-state index contributed by atoms with van der Waals surface area (Å²) in [4.78, 5) is 28.0. The highest BCUT2D eigenvalue weighted by molar-refractivity contribution is 7.13. The van der Waals surface area contributed by atoms with Crippen molar-refractivity contribution in [3.63, 3.8) is 0 Å². The normalized spacial score (nSPS) is 11.9. The topological polar surface area (TPSA) is 93.0 Å². The molecule has 0 aliphatic heterocycles. The molecular formula is C20H21F3N6O2S. The van der Waals surface area contributed by atoms with E-state index in [0.717, 1.165) is 26.7 Å². The van der Waals surface area contributed by atoms with Gasteiger partial charge in [0.15, 0.2) is 0 Å². The van der Waals surface area contributed by atoms with Crippen molar-refractivity contribution in [2.24, 2.45) is 0 Å². The van der Waals surface area contributed by atoms with Gasteiger partial charge in [-0.05, 0) is 49.6 Å². The number of carbonyl (C=O) groups excluding carboxylic acids is 2. The van der Waals surface area contributed by atoms with E-state index < -0.39 is 47.9 Å². The van der Waals surface area contributed by atoms with E-state index in [-0.39, 0.29) is 0 Å². The maximum Gasteiger partial charge on any atom is 0.418 e. The summed E-state index contributed by atoms with van der Waals surface area (Å²) >= 11 is 1.38. The van der Waals surface area contributed by atoms with Crippen molar-refractivity contribution in [1.82, 2.24) is 25.5 Å². The zero-order valence-electron chi connectivity index (χ0n) is 17.6. The molecule has 0 spiro atoms. The number of para-hydroxylation sites is 1. The molecule has 2 aromatic heterocycles. The molecule has 170 valence electrons. The number of hydrogen-bond donors (Lipinski definition) is 1. The Morgan fingerprint density at radius 2 is 1.84 bits per heavy atom. The van der Waals surface area contributed by atoms with E-state index in [2.05, 4.69) is 20.7 Å². The van der Waals surface area contributed by atoms with Crippen molar-refractivity contribution in [3.8, 4) is 10.7 Å². The number of nitrogens with one attached hydrogen (secondary N) is 1. The first kappa shape index (κ1) is 23.4. The van der Waals surface area contributed by atoms with Crippen molar-refractivity contribution < 1.29 is 22.8 Å². The maximum atomic E-state index is 13.6. The Kier molecular flexibility index (Phi) is 6.63. The number of tetrazole rings is 1. The largest absolute Gasteiger partial charge is 0.418 e. The molecule has 3 aromatic rings. The molecule has 12 heteroatoms. The first-order valence-electron chi connectivity index (χ1n) is 9.53. The predicted octanol–water partition coefficient (Wildman–Crippen LogP) is 3.37. The van der Waals surface area contributed by atoms with E-state index in [0.29, 0.717) is 5.82 Å². The van der Waals surface area contributed by atoms with Crippen LogP contribution >= 0.6 is 11.3 Å². The molecule has 0 bridgehead atoms. The van der Waals surface area contributed by atoms with Crippen molar-refractivity contribution >= 4 is 28.8 Å². The average Bonchev–Trinajstić information content (AvgIpc) is 3.35. The Morgan fingerprint density at radius 1 is 1.12 bits per heavy atom. The zero-order chi connectivity index (χ0) is 23.5. The van der Waals surface area contributed by atoms with Crippen LogP contribution in [0.15, 0.2) is 41.8 Å². The van der Waals surface area contributed by atoms with Crippen molar-refractivity contribution in [2.45, 2.75) is 39.0 Å². The van der Waals surface area contributed by atoms with Crippen LogP contribution in [0.3, 0.4) is 0 Å². The standard InChI is InChI=1S/C20H21F3N6O2S/c1-19(2,3)24-16(30)11-28(14-8-5-4-7-13(14)20(21,22)23)17(31)12-29-26-18(25-27-29)15-9-6-10-32-15/h4-10H,11-12H2,1-3H3,(H,24,30). The minimum atomic E-state index is -4.71. The van der Waals surface area contributed by atoms with Crippen molar-refractivity contribution in [1.29, 1.82) is 0 Å². The fraction of sp³-hybridized carbons (Fsp3) is 0.350. The number of halogens is 3. The van der Waals surface area contributed by atoms with Crippen LogP contribution in [0, 0.1) is 0 Å². The second kappa shape index (κ2) is 9.07. The summed E-state index contributed by atoms with van der Waals surface area (Å²) < 4.78 is 40.8. The third kappa shape index (κ3) is 5.90. The number of thiophene rings is 1. The molecule has 0 saturated carbocycles. The van der Waals surface area contributed by atoms with E-state index >= 15 is 0 Å². The Bertz CT molecular complexity index is 1090. The third-order valence-electron chi connectivity index (χ3n) is 4.09. The van der Waals surface area contributed by atoms with Gasteiger partial charge in [-0.2, -0.15) is 18.0 Å². The van der Waals surface area contributed by atoms with Gasteiger partial charge in [0, 0.05) is 5.54 Å². The van der Waals surface area contributed by atoms with Gasteiger partial charge >= 0.3 is 6.18 Å². The molecule has 3 rings (SSSR count). The van der Waals surface area contributed by atoms with Gasteiger partial charge in [-0.1, -0.05) is 18.2 Å². The van der Waals surface area contributed by atoms with Gasteiger partial charge in [-0.15, -0.1) is 21.5 Å². The van der Waals surface area contributed by atoms with Crippen LogP contribution in [0.5, 0.6) is 0 Å². The molecule has 0 radical (unpaired) electrons. The summed E-state index contributed by atoms with van der Waals surface area (Å²) in [6.45, 7) is 4.09. The molecule has 0 atom stereocenters. The summed E-state index contributed by atoms with van der Waals surface area (Å²) in [7, 11) is 0. The number of alkyl halides is 3. The lowest BCUT2D eigenvalue weighted by molar-refractivity contribution is -0.137. The molecule has 32 heavy (non-hydrogen) atoms. The van der Waals surface area contributed by atoms with Gasteiger partial charge < -0.3 is 10.2 Å². The van der Waals surface area contributed by atoms with E-state index in [1.165, 1.54) is 23.5 Å². The second-order valence-corrected chi connectivity index (χ2v) is 8.86. The fourth-order valence-electron chi connectivity index (χ4n) is 2.88. The lowest BCUT2D eigenvalue weighted by atomic mass is 10.1. The zero-order valence-corrected chi connectivity index (χ0v) is 18.4. The molecule has 0 aliphatic rings. The first-order valence-corrected chi connectivity index (χ1v) is 10.4. The molecule has 2 amide bonds. The number of anilines is 1. The number of nitrogens with zero attached hydrogens (tertiary/aromatic N) is 5. The van der Waals surface area contributed by atoms with E-state index in [4.69, 9.17) is 0 Å². The number of rotatable bonds is 6. The highest BCUT2D eigenvalue weighted by Crippen LogP contribution is 2.36. The van der Waals surface area contributed by atoms with Crippen LogP contribution in [0.4, 0.5) is 18.9 Å². The van der Waals surface area contributed by atoms with Crippen molar-refractivity contribution in [2.75, 3.05) is 11.4 Å². The van der Waals surface area contributed by atoms with Crippen LogP contribution in [0.1, 0.15) is 26.3 Å². The summed E-state index contributed by atoms with van der Waals surface area (Å²) in [5.74, 6) is -1.10.